The fourth-order valence-electron chi connectivity index (χ4n) is 2.89. The summed E-state index contributed by atoms with van der Waals surface area (Å²) in [4.78, 5) is 29.5. The third kappa shape index (κ3) is 3.67. The first-order chi connectivity index (χ1) is 12.5. The minimum absolute atomic E-state index is 0.0992. The molecule has 26 heavy (non-hydrogen) atoms. The molecule has 0 fully saturated rings. The topological polar surface area (TPSA) is 64.0 Å². The van der Waals surface area contributed by atoms with Crippen LogP contribution >= 0.6 is 0 Å². The van der Waals surface area contributed by atoms with Crippen LogP contribution in [0.2, 0.25) is 0 Å². The van der Waals surface area contributed by atoms with Gasteiger partial charge in [0.25, 0.3) is 11.5 Å². The molecule has 2 aromatic carbocycles. The van der Waals surface area contributed by atoms with E-state index in [-0.39, 0.29) is 11.5 Å². The summed E-state index contributed by atoms with van der Waals surface area (Å²) in [6, 6.07) is 14.3. The molecule has 5 heteroatoms. The zero-order valence-electron chi connectivity index (χ0n) is 15.3. The third-order valence-corrected chi connectivity index (χ3v) is 4.34. The number of carbonyl (C=O) groups is 1. The van der Waals surface area contributed by atoms with E-state index in [9.17, 15) is 9.59 Å². The monoisotopic (exact) mass is 349 g/mol. The number of hydrogen-bond acceptors (Lipinski definition) is 3. The highest BCUT2D eigenvalue weighted by Gasteiger charge is 2.11. The summed E-state index contributed by atoms with van der Waals surface area (Å²) in [5, 5.41) is 3.49. The standard InChI is InChI=1S/C21H23N3O2/c1-14(2)12-13-22-20(25)16-8-10-17(11-9-16)24-15(3)23-19-7-5-4-6-18(19)21(24)26/h4-11,14H,12-13H2,1-3H3,(H,22,25). The molecule has 3 aromatic rings. The predicted molar refractivity (Wildman–Crippen MR) is 104 cm³/mol. The number of aryl methyl sites for hydroxylation is 1. The van der Waals surface area contributed by atoms with Crippen LogP contribution in [0.3, 0.4) is 0 Å². The molecule has 1 heterocycles. The van der Waals surface area contributed by atoms with E-state index in [1.165, 1.54) is 0 Å². The molecule has 0 unspecified atom stereocenters. The van der Waals surface area contributed by atoms with Crippen LogP contribution in [-0.4, -0.2) is 22.0 Å². The number of hydrogen-bond donors (Lipinski definition) is 1. The van der Waals surface area contributed by atoms with Gasteiger partial charge in [0, 0.05) is 12.1 Å². The molecule has 0 saturated carbocycles. The largest absolute Gasteiger partial charge is 0.352 e. The van der Waals surface area contributed by atoms with Gasteiger partial charge in [-0.2, -0.15) is 0 Å². The number of rotatable bonds is 5. The fraction of sp³-hybridized carbons (Fsp3) is 0.286. The van der Waals surface area contributed by atoms with Crippen molar-refractivity contribution in [3.8, 4) is 5.69 Å². The number of nitrogens with zero attached hydrogens (tertiary/aromatic N) is 2. The van der Waals surface area contributed by atoms with Crippen LogP contribution in [-0.2, 0) is 0 Å². The molecular weight excluding hydrogens is 326 g/mol. The number of aromatic nitrogens is 2. The lowest BCUT2D eigenvalue weighted by molar-refractivity contribution is 0.0952. The lowest BCUT2D eigenvalue weighted by Crippen LogP contribution is -2.25. The van der Waals surface area contributed by atoms with E-state index < -0.39 is 0 Å². The highest BCUT2D eigenvalue weighted by Crippen LogP contribution is 2.13. The lowest BCUT2D eigenvalue weighted by Gasteiger charge is -2.12. The maximum atomic E-state index is 12.8. The van der Waals surface area contributed by atoms with Crippen molar-refractivity contribution in [3.05, 3.63) is 70.3 Å². The maximum absolute atomic E-state index is 12.8. The molecule has 0 aliphatic carbocycles. The van der Waals surface area contributed by atoms with Gasteiger partial charge in [-0.05, 0) is 55.7 Å². The van der Waals surface area contributed by atoms with E-state index in [4.69, 9.17) is 0 Å². The number of fused-ring (bicyclic) bond motifs is 1. The second-order valence-corrected chi connectivity index (χ2v) is 6.80. The van der Waals surface area contributed by atoms with Crippen molar-refractivity contribution >= 4 is 16.8 Å². The summed E-state index contributed by atoms with van der Waals surface area (Å²) < 4.78 is 1.57. The first kappa shape index (κ1) is 17.9. The molecule has 3 rings (SSSR count). The predicted octanol–water partition coefficient (Wildman–Crippen LogP) is 3.47. The molecule has 0 aliphatic heterocycles. The summed E-state index contributed by atoms with van der Waals surface area (Å²) in [5.41, 5.74) is 1.86. The van der Waals surface area contributed by atoms with Crippen LogP contribution in [0, 0.1) is 12.8 Å². The van der Waals surface area contributed by atoms with Crippen molar-refractivity contribution in [1.82, 2.24) is 14.9 Å². The molecule has 1 N–H and O–H groups in total. The number of para-hydroxylation sites is 1. The van der Waals surface area contributed by atoms with Crippen molar-refractivity contribution < 1.29 is 4.79 Å². The number of carbonyl (C=O) groups excluding carboxylic acids is 1. The fourth-order valence-corrected chi connectivity index (χ4v) is 2.89. The lowest BCUT2D eigenvalue weighted by atomic mass is 10.1. The molecule has 5 nitrogen and oxygen atoms in total. The molecule has 1 aromatic heterocycles. The van der Waals surface area contributed by atoms with E-state index in [1.54, 1.807) is 41.8 Å². The second-order valence-electron chi connectivity index (χ2n) is 6.80. The molecule has 1 amide bonds. The molecule has 0 bridgehead atoms. The molecular formula is C21H23N3O2. The summed E-state index contributed by atoms with van der Waals surface area (Å²) in [6.07, 6.45) is 0.946. The van der Waals surface area contributed by atoms with E-state index >= 15 is 0 Å². The average molecular weight is 349 g/mol. The SMILES string of the molecule is Cc1nc2ccccc2c(=O)n1-c1ccc(C(=O)NCCC(C)C)cc1. The number of amides is 1. The Hall–Kier alpha value is -2.95. The Morgan fingerprint density at radius 3 is 2.50 bits per heavy atom. The molecule has 0 atom stereocenters. The average Bonchev–Trinajstić information content (AvgIpc) is 2.62. The Labute approximate surface area is 152 Å². The van der Waals surface area contributed by atoms with Gasteiger partial charge in [0.15, 0.2) is 0 Å². The van der Waals surface area contributed by atoms with Gasteiger partial charge < -0.3 is 5.32 Å². The van der Waals surface area contributed by atoms with Crippen molar-refractivity contribution in [3.63, 3.8) is 0 Å². The summed E-state index contributed by atoms with van der Waals surface area (Å²) in [7, 11) is 0. The summed E-state index contributed by atoms with van der Waals surface area (Å²) in [5.74, 6) is 1.06. The molecule has 0 spiro atoms. The van der Waals surface area contributed by atoms with Crippen molar-refractivity contribution in [2.24, 2.45) is 5.92 Å². The van der Waals surface area contributed by atoms with Crippen LogP contribution in [0.15, 0.2) is 53.3 Å². The normalized spacial score (nSPS) is 11.1. The zero-order valence-corrected chi connectivity index (χ0v) is 15.3. The van der Waals surface area contributed by atoms with E-state index in [1.807, 2.05) is 18.2 Å². The van der Waals surface area contributed by atoms with Crippen LogP contribution in [0.1, 0.15) is 36.5 Å². The Kier molecular flexibility index (Phi) is 5.16. The summed E-state index contributed by atoms with van der Waals surface area (Å²) in [6.45, 7) is 6.71. The Balaban J connectivity index is 1.88. The van der Waals surface area contributed by atoms with Crippen LogP contribution < -0.4 is 10.9 Å². The van der Waals surface area contributed by atoms with Gasteiger partial charge in [-0.1, -0.05) is 26.0 Å². The van der Waals surface area contributed by atoms with Crippen LogP contribution in [0.5, 0.6) is 0 Å². The Morgan fingerprint density at radius 2 is 1.81 bits per heavy atom. The quantitative estimate of drug-likeness (QED) is 0.767. The van der Waals surface area contributed by atoms with Crippen molar-refractivity contribution in [1.29, 1.82) is 0 Å². The van der Waals surface area contributed by atoms with Gasteiger partial charge >= 0.3 is 0 Å². The van der Waals surface area contributed by atoms with Gasteiger partial charge in [-0.25, -0.2) is 4.98 Å². The van der Waals surface area contributed by atoms with Gasteiger partial charge in [-0.15, -0.1) is 0 Å². The van der Waals surface area contributed by atoms with E-state index in [0.29, 0.717) is 40.4 Å². The highest BCUT2D eigenvalue weighted by molar-refractivity contribution is 5.94. The first-order valence-corrected chi connectivity index (χ1v) is 8.84. The smallest absolute Gasteiger partial charge is 0.265 e. The molecule has 0 radical (unpaired) electrons. The second kappa shape index (κ2) is 7.52. The van der Waals surface area contributed by atoms with Gasteiger partial charge in [-0.3, -0.25) is 14.2 Å². The van der Waals surface area contributed by atoms with E-state index in [0.717, 1.165) is 6.42 Å². The maximum Gasteiger partial charge on any atom is 0.265 e. The van der Waals surface area contributed by atoms with Gasteiger partial charge in [0.05, 0.1) is 16.6 Å². The molecule has 0 saturated heterocycles. The van der Waals surface area contributed by atoms with Crippen LogP contribution in [0.4, 0.5) is 0 Å². The van der Waals surface area contributed by atoms with Crippen molar-refractivity contribution in [2.75, 3.05) is 6.54 Å². The molecule has 0 aliphatic rings. The van der Waals surface area contributed by atoms with Gasteiger partial charge in [0.2, 0.25) is 0 Å². The Morgan fingerprint density at radius 1 is 1.12 bits per heavy atom. The zero-order chi connectivity index (χ0) is 18.7. The number of nitrogens with one attached hydrogen (secondary N) is 1. The minimum atomic E-state index is -0.109. The first-order valence-electron chi connectivity index (χ1n) is 8.84. The number of benzene rings is 2. The third-order valence-electron chi connectivity index (χ3n) is 4.34. The highest BCUT2D eigenvalue weighted by atomic mass is 16.1. The van der Waals surface area contributed by atoms with E-state index in [2.05, 4.69) is 24.1 Å². The van der Waals surface area contributed by atoms with Crippen molar-refractivity contribution in [2.45, 2.75) is 27.2 Å². The van der Waals surface area contributed by atoms with Crippen LogP contribution in [0.25, 0.3) is 16.6 Å². The summed E-state index contributed by atoms with van der Waals surface area (Å²) >= 11 is 0. The minimum Gasteiger partial charge on any atom is -0.352 e. The Bertz CT molecular complexity index is 988. The molecule has 134 valence electrons. The van der Waals surface area contributed by atoms with Gasteiger partial charge in [0.1, 0.15) is 5.82 Å².